The lowest BCUT2D eigenvalue weighted by Gasteiger charge is -2.31. The summed E-state index contributed by atoms with van der Waals surface area (Å²) in [5.41, 5.74) is 8.33. The quantitative estimate of drug-likeness (QED) is 0.101. The Labute approximate surface area is 318 Å². The van der Waals surface area contributed by atoms with E-state index in [1.54, 1.807) is 69.7 Å². The molecule has 3 aromatic heterocycles. The van der Waals surface area contributed by atoms with E-state index < -0.39 is 30.9 Å². The Kier molecular flexibility index (Phi) is 11.7. The third kappa shape index (κ3) is 8.22. The fourth-order valence-electron chi connectivity index (χ4n) is 5.74. The number of fused-ring (bicyclic) bond motifs is 2. The highest BCUT2D eigenvalue weighted by atomic mass is 35.5. The summed E-state index contributed by atoms with van der Waals surface area (Å²) in [7, 11) is 1.65. The van der Waals surface area contributed by atoms with E-state index in [2.05, 4.69) is 54.0 Å². The molecule has 0 bridgehead atoms. The molecule has 3 N–H and O–H groups in total. The predicted molar refractivity (Wildman–Crippen MR) is 209 cm³/mol. The number of nitriles is 1. The average Bonchev–Trinajstić information content (AvgIpc) is 3.62. The number of nitrogens with zero attached hydrogens (tertiary/aromatic N) is 7. The van der Waals surface area contributed by atoms with E-state index in [9.17, 15) is 19.6 Å². The van der Waals surface area contributed by atoms with Gasteiger partial charge < -0.3 is 25.1 Å². The molecular formula is C39H44ClN9O5. The molecule has 0 saturated carbocycles. The number of hydrogen-bond donors (Lipinski definition) is 2. The first kappa shape index (κ1) is 39.4. The Bertz CT molecular complexity index is 2340. The van der Waals surface area contributed by atoms with E-state index >= 15 is 0 Å². The van der Waals surface area contributed by atoms with Gasteiger partial charge in [0.2, 0.25) is 6.79 Å². The molecule has 282 valence electrons. The molecule has 2 aromatic carbocycles. The number of carbonyl (C=O) groups excluding carboxylic acids is 2. The topological polar surface area (TPSA) is 183 Å². The van der Waals surface area contributed by atoms with Crippen molar-refractivity contribution in [1.29, 1.82) is 5.26 Å². The Hall–Kier alpha value is -5.78. The molecule has 0 radical (unpaired) electrons. The molecule has 2 atom stereocenters. The third-order valence-electron chi connectivity index (χ3n) is 8.91. The van der Waals surface area contributed by atoms with Crippen LogP contribution in [0.15, 0.2) is 66.4 Å². The molecule has 0 spiro atoms. The lowest BCUT2D eigenvalue weighted by atomic mass is 9.95. The van der Waals surface area contributed by atoms with Crippen molar-refractivity contribution < 1.29 is 19.1 Å². The summed E-state index contributed by atoms with van der Waals surface area (Å²) in [6.45, 7) is 15.4. The highest BCUT2D eigenvalue weighted by Gasteiger charge is 2.35. The van der Waals surface area contributed by atoms with Crippen LogP contribution in [0.4, 0.5) is 16.2 Å². The van der Waals surface area contributed by atoms with Gasteiger partial charge in [-0.05, 0) is 53.0 Å². The van der Waals surface area contributed by atoms with Gasteiger partial charge in [-0.15, -0.1) is 5.10 Å². The second-order valence-electron chi connectivity index (χ2n) is 14.5. The zero-order valence-electron chi connectivity index (χ0n) is 31.4. The number of ether oxygens (including phenoxy) is 2. The summed E-state index contributed by atoms with van der Waals surface area (Å²) in [6.07, 6.45) is 4.33. The largest absolute Gasteiger partial charge is 0.427 e. The van der Waals surface area contributed by atoms with Crippen LogP contribution in [0, 0.1) is 22.7 Å². The number of esters is 1. The number of rotatable bonds is 12. The van der Waals surface area contributed by atoms with Crippen molar-refractivity contribution in [1.82, 2.24) is 24.5 Å². The number of nitrogens with two attached hydrogens (primary N) is 1. The van der Waals surface area contributed by atoms with Crippen LogP contribution in [0.2, 0.25) is 5.02 Å². The number of allylic oxidation sites excluding steroid dienone is 1. The molecule has 0 aliphatic carbocycles. The number of anilines is 2. The maximum absolute atomic E-state index is 14.6. The number of aryl methyl sites for hydroxylation is 1. The standard InChI is InChI=1S/C39H44ClN9O5/c1-9-23(4)48-19-31(45-46-48)35(27-11-10-12-28-26(27)13-14-47(8)36(28)50)49(38(52)54-21-53-37(51)32(42)22(2)3)25-15-29-33(44-20-39(5,6)7)24(17-41)18-43-34(29)30(40)16-25/h10-16,18-19,22,32,35H,4,9,20-21,42H2,1-3,5-8H3,(H,43,44)/t32?,35-/m0/s1. The minimum Gasteiger partial charge on any atom is -0.427 e. The molecule has 15 heteroatoms. The molecule has 0 saturated heterocycles. The fourth-order valence-corrected chi connectivity index (χ4v) is 6.00. The lowest BCUT2D eigenvalue weighted by molar-refractivity contribution is -0.154. The number of amides is 1. The third-order valence-corrected chi connectivity index (χ3v) is 9.19. The minimum atomic E-state index is -1.10. The zero-order chi connectivity index (χ0) is 39.5. The van der Waals surface area contributed by atoms with Gasteiger partial charge in [0.05, 0.1) is 33.7 Å². The summed E-state index contributed by atoms with van der Waals surface area (Å²) in [6, 6.07) is 10.3. The first-order chi connectivity index (χ1) is 25.6. The van der Waals surface area contributed by atoms with Crippen LogP contribution in [0.3, 0.4) is 0 Å². The van der Waals surface area contributed by atoms with Crippen LogP contribution in [0.5, 0.6) is 0 Å². The van der Waals surface area contributed by atoms with Crippen LogP contribution in [0.25, 0.3) is 27.4 Å². The first-order valence-electron chi connectivity index (χ1n) is 17.4. The molecule has 1 amide bonds. The molecule has 0 aliphatic heterocycles. The number of hydrogen-bond acceptors (Lipinski definition) is 11. The van der Waals surface area contributed by atoms with Gasteiger partial charge in [-0.1, -0.05) is 77.1 Å². The smallest absolute Gasteiger partial charge is 0.418 e. The highest BCUT2D eigenvalue weighted by molar-refractivity contribution is 6.36. The van der Waals surface area contributed by atoms with Crippen LogP contribution < -0.4 is 21.5 Å². The van der Waals surface area contributed by atoms with Gasteiger partial charge in [0.25, 0.3) is 5.56 Å². The highest BCUT2D eigenvalue weighted by Crippen LogP contribution is 2.41. The Balaban J connectivity index is 1.79. The minimum absolute atomic E-state index is 0.167. The van der Waals surface area contributed by atoms with Gasteiger partial charge in [-0.2, -0.15) is 5.26 Å². The second-order valence-corrected chi connectivity index (χ2v) is 14.9. The van der Waals surface area contributed by atoms with Crippen molar-refractivity contribution >= 4 is 62.4 Å². The molecular weight excluding hydrogens is 710 g/mol. The SMILES string of the molecule is C=C(CC)n1cc([C@H](c2cccc3c(=O)n(C)ccc23)N(C(=O)OCOC(=O)C(N)C(C)C)c2cc(Cl)c3ncc(C#N)c(NCC(C)(C)C)c3c2)nn1. The van der Waals surface area contributed by atoms with E-state index in [0.29, 0.717) is 57.3 Å². The number of pyridine rings is 2. The first-order valence-corrected chi connectivity index (χ1v) is 17.8. The van der Waals surface area contributed by atoms with Gasteiger partial charge in [-0.25, -0.2) is 9.48 Å². The van der Waals surface area contributed by atoms with Crippen molar-refractivity contribution in [3.8, 4) is 6.07 Å². The Morgan fingerprint density at radius 1 is 1.15 bits per heavy atom. The van der Waals surface area contributed by atoms with Crippen molar-refractivity contribution in [3.63, 3.8) is 0 Å². The normalized spacial score (nSPS) is 12.7. The zero-order valence-corrected chi connectivity index (χ0v) is 32.1. The van der Waals surface area contributed by atoms with E-state index in [4.69, 9.17) is 26.8 Å². The van der Waals surface area contributed by atoms with Crippen molar-refractivity contribution in [2.75, 3.05) is 23.6 Å². The van der Waals surface area contributed by atoms with Gasteiger partial charge >= 0.3 is 12.1 Å². The molecule has 14 nitrogen and oxygen atoms in total. The lowest BCUT2D eigenvalue weighted by Crippen LogP contribution is -2.39. The molecule has 5 aromatic rings. The number of halogens is 1. The monoisotopic (exact) mass is 753 g/mol. The predicted octanol–water partition coefficient (Wildman–Crippen LogP) is 6.76. The molecule has 3 heterocycles. The van der Waals surface area contributed by atoms with Crippen LogP contribution in [0.1, 0.15) is 70.8 Å². The summed E-state index contributed by atoms with van der Waals surface area (Å²) >= 11 is 6.95. The Morgan fingerprint density at radius 3 is 2.56 bits per heavy atom. The van der Waals surface area contributed by atoms with Gasteiger partial charge in [0.1, 0.15) is 23.8 Å². The van der Waals surface area contributed by atoms with Crippen LogP contribution >= 0.6 is 11.6 Å². The van der Waals surface area contributed by atoms with Crippen LogP contribution in [-0.2, 0) is 21.3 Å². The van der Waals surface area contributed by atoms with Crippen LogP contribution in [-0.4, -0.2) is 56.0 Å². The van der Waals surface area contributed by atoms with Gasteiger partial charge in [0.15, 0.2) is 0 Å². The summed E-state index contributed by atoms with van der Waals surface area (Å²) in [4.78, 5) is 46.4. The van der Waals surface area contributed by atoms with E-state index in [-0.39, 0.29) is 33.2 Å². The second kappa shape index (κ2) is 16.1. The summed E-state index contributed by atoms with van der Waals surface area (Å²) in [5.74, 6) is -0.966. The molecule has 0 fully saturated rings. The summed E-state index contributed by atoms with van der Waals surface area (Å²) in [5, 5.41) is 23.9. The molecule has 1 unspecified atom stereocenters. The Morgan fingerprint density at radius 2 is 1.89 bits per heavy atom. The number of aromatic nitrogens is 5. The van der Waals surface area contributed by atoms with Gasteiger partial charge in [-0.3, -0.25) is 19.5 Å². The average molecular weight is 754 g/mol. The molecule has 54 heavy (non-hydrogen) atoms. The molecule has 0 aliphatic rings. The maximum atomic E-state index is 14.6. The van der Waals surface area contributed by atoms with E-state index in [1.807, 2.05) is 6.92 Å². The maximum Gasteiger partial charge on any atom is 0.418 e. The van der Waals surface area contributed by atoms with Crippen molar-refractivity contribution in [2.24, 2.45) is 24.1 Å². The summed E-state index contributed by atoms with van der Waals surface area (Å²) < 4.78 is 13.9. The van der Waals surface area contributed by atoms with E-state index in [0.717, 1.165) is 0 Å². The number of carbonyl (C=O) groups is 2. The van der Waals surface area contributed by atoms with Crippen molar-refractivity contribution in [3.05, 3.63) is 93.8 Å². The number of benzene rings is 2. The van der Waals surface area contributed by atoms with Gasteiger partial charge in [0, 0.05) is 42.5 Å². The van der Waals surface area contributed by atoms with Crippen molar-refractivity contribution in [2.45, 2.75) is 60.0 Å². The number of nitrogens with one attached hydrogen (secondary N) is 1. The van der Waals surface area contributed by atoms with E-state index in [1.165, 1.54) is 20.3 Å². The molecule has 5 rings (SSSR count). The fraction of sp³-hybridized carbons (Fsp3) is 0.359.